The van der Waals surface area contributed by atoms with E-state index in [4.69, 9.17) is 0 Å². The molecule has 0 spiro atoms. The lowest BCUT2D eigenvalue weighted by Crippen LogP contribution is -2.26. The maximum Gasteiger partial charge on any atom is 0.132 e. The summed E-state index contributed by atoms with van der Waals surface area (Å²) >= 11 is 0. The Morgan fingerprint density at radius 1 is 0.889 bits per heavy atom. The molecule has 1 aliphatic carbocycles. The van der Waals surface area contributed by atoms with Gasteiger partial charge in [-0.3, -0.25) is 4.79 Å². The van der Waals surface area contributed by atoms with Gasteiger partial charge in [-0.15, -0.1) is 6.58 Å². The van der Waals surface area contributed by atoms with Gasteiger partial charge in [0.05, 0.1) is 0 Å². The van der Waals surface area contributed by atoms with E-state index in [2.05, 4.69) is 107 Å². The van der Waals surface area contributed by atoms with E-state index < -0.39 is 0 Å². The third-order valence-electron chi connectivity index (χ3n) is 8.34. The first-order chi connectivity index (χ1) is 21.6. The fourth-order valence-corrected chi connectivity index (χ4v) is 5.47. The number of benzene rings is 2. The van der Waals surface area contributed by atoms with Crippen molar-refractivity contribution in [3.63, 3.8) is 0 Å². The summed E-state index contributed by atoms with van der Waals surface area (Å²) in [5.74, 6) is 0.813. The number of hydrogen-bond acceptors (Lipinski definition) is 3. The highest BCUT2D eigenvalue weighted by Gasteiger charge is 2.16. The minimum absolute atomic E-state index is 0.398. The van der Waals surface area contributed by atoms with Crippen molar-refractivity contribution in [1.82, 2.24) is 5.32 Å². The maximum absolute atomic E-state index is 10.8. The van der Waals surface area contributed by atoms with Crippen LogP contribution in [0.15, 0.2) is 61.2 Å². The molecule has 0 aliphatic heterocycles. The molecule has 0 bridgehead atoms. The van der Waals surface area contributed by atoms with Crippen molar-refractivity contribution < 1.29 is 4.79 Å². The number of para-hydroxylation sites is 1. The lowest BCUT2D eigenvalue weighted by Gasteiger charge is -2.26. The predicted molar refractivity (Wildman–Crippen MR) is 204 cm³/mol. The first-order valence-electron chi connectivity index (χ1n) is 18.0. The highest BCUT2D eigenvalue weighted by atomic mass is 16.1. The summed E-state index contributed by atoms with van der Waals surface area (Å²) in [4.78, 5) is 13.3. The van der Waals surface area contributed by atoms with Crippen molar-refractivity contribution >= 4 is 17.5 Å². The zero-order chi connectivity index (χ0) is 33.9. The Kier molecular flexibility index (Phi) is 26.0. The molecule has 2 aromatic carbocycles. The number of rotatable bonds is 15. The van der Waals surface area contributed by atoms with E-state index in [1.165, 1.54) is 97.7 Å². The Morgan fingerprint density at radius 2 is 1.56 bits per heavy atom. The van der Waals surface area contributed by atoms with Gasteiger partial charge >= 0.3 is 0 Å². The average molecular weight is 619 g/mol. The van der Waals surface area contributed by atoms with Crippen LogP contribution in [0.25, 0.3) is 6.08 Å². The van der Waals surface area contributed by atoms with Crippen LogP contribution in [-0.4, -0.2) is 32.5 Å². The summed E-state index contributed by atoms with van der Waals surface area (Å²) in [5.41, 5.74) is 8.10. The topological polar surface area (TPSA) is 32.3 Å². The molecule has 254 valence electrons. The smallest absolute Gasteiger partial charge is 0.132 e. The summed E-state index contributed by atoms with van der Waals surface area (Å²) in [7, 11) is 1.98. The number of Topliss-reactive ketones (excluding diaryl/α,β-unsaturated/α-hetero) is 1. The van der Waals surface area contributed by atoms with Gasteiger partial charge in [0, 0.05) is 24.7 Å². The molecule has 0 aromatic heterocycles. The Bertz CT molecular complexity index is 1050. The second-order valence-corrected chi connectivity index (χ2v) is 12.7. The highest BCUT2D eigenvalue weighted by Crippen LogP contribution is 2.24. The first kappa shape index (κ1) is 42.3. The van der Waals surface area contributed by atoms with E-state index in [0.717, 1.165) is 38.9 Å². The van der Waals surface area contributed by atoms with Crippen LogP contribution in [0.1, 0.15) is 134 Å². The van der Waals surface area contributed by atoms with Crippen LogP contribution in [0.3, 0.4) is 0 Å². The molecule has 3 heteroatoms. The molecule has 1 N–H and O–H groups in total. The van der Waals surface area contributed by atoms with Crippen LogP contribution in [0, 0.1) is 19.8 Å². The van der Waals surface area contributed by atoms with E-state index in [1.807, 2.05) is 13.1 Å². The van der Waals surface area contributed by atoms with Gasteiger partial charge in [0.15, 0.2) is 0 Å². The molecule has 0 heterocycles. The van der Waals surface area contributed by atoms with Crippen LogP contribution in [0.2, 0.25) is 0 Å². The number of ketones is 1. The largest absolute Gasteiger partial charge is 0.371 e. The van der Waals surface area contributed by atoms with Crippen molar-refractivity contribution in [3.05, 3.63) is 83.4 Å². The zero-order valence-corrected chi connectivity index (χ0v) is 30.8. The number of allylic oxidation sites excluding steroid dienone is 1. The van der Waals surface area contributed by atoms with Gasteiger partial charge in [-0.25, -0.2) is 0 Å². The highest BCUT2D eigenvalue weighted by molar-refractivity contribution is 5.78. The van der Waals surface area contributed by atoms with Crippen molar-refractivity contribution in [2.24, 2.45) is 5.92 Å². The molecule has 0 radical (unpaired) electrons. The van der Waals surface area contributed by atoms with Gasteiger partial charge in [0.1, 0.15) is 5.78 Å². The molecule has 3 rings (SSSR count). The number of hydrogen-bond donors (Lipinski definition) is 1. The molecule has 45 heavy (non-hydrogen) atoms. The van der Waals surface area contributed by atoms with E-state index in [-0.39, 0.29) is 0 Å². The molecule has 1 aliphatic rings. The second kappa shape index (κ2) is 27.6. The van der Waals surface area contributed by atoms with Crippen molar-refractivity contribution in [2.75, 3.05) is 31.6 Å². The van der Waals surface area contributed by atoms with Crippen molar-refractivity contribution in [3.8, 4) is 0 Å². The Hall–Kier alpha value is -2.65. The Labute approximate surface area is 280 Å². The predicted octanol–water partition coefficient (Wildman–Crippen LogP) is 11.7. The average Bonchev–Trinajstić information content (AvgIpc) is 3.04. The molecule has 0 amide bonds. The number of nitrogens with zero attached hydrogens (tertiary/aromatic N) is 1. The number of anilines is 1. The lowest BCUT2D eigenvalue weighted by molar-refractivity contribution is -0.121. The van der Waals surface area contributed by atoms with Crippen LogP contribution in [0.5, 0.6) is 0 Å². The summed E-state index contributed by atoms with van der Waals surface area (Å²) in [6.45, 7) is 25.9. The molecule has 0 atom stereocenters. The number of unbranched alkanes of at least 4 members (excludes halogenated alkanes) is 2. The van der Waals surface area contributed by atoms with E-state index in [1.54, 1.807) is 6.92 Å². The molecular formula is C42H70N2O. The number of carbonyl (C=O) groups excluding carboxylic acids is 1. The third-order valence-corrected chi connectivity index (χ3v) is 8.34. The zero-order valence-electron chi connectivity index (χ0n) is 30.8. The monoisotopic (exact) mass is 619 g/mol. The van der Waals surface area contributed by atoms with Crippen molar-refractivity contribution in [1.29, 1.82) is 0 Å². The fraction of sp³-hybridized carbons (Fsp3) is 0.595. The van der Waals surface area contributed by atoms with Crippen molar-refractivity contribution in [2.45, 2.75) is 132 Å². The van der Waals surface area contributed by atoms with Crippen LogP contribution >= 0.6 is 0 Å². The van der Waals surface area contributed by atoms with Gasteiger partial charge in [0.2, 0.25) is 0 Å². The molecule has 2 aromatic rings. The van der Waals surface area contributed by atoms with E-state index in [9.17, 15) is 4.79 Å². The Morgan fingerprint density at radius 3 is 2.00 bits per heavy atom. The summed E-state index contributed by atoms with van der Waals surface area (Å²) in [5, 5.41) is 3.07. The maximum atomic E-state index is 10.8. The van der Waals surface area contributed by atoms with Crippen LogP contribution in [-0.2, 0) is 11.2 Å². The summed E-state index contributed by atoms with van der Waals surface area (Å²) in [6, 6.07) is 15.4. The minimum atomic E-state index is 0.398. The van der Waals surface area contributed by atoms with Crippen LogP contribution in [0.4, 0.5) is 5.69 Å². The lowest BCUT2D eigenvalue weighted by atomic mass is 9.87. The summed E-state index contributed by atoms with van der Waals surface area (Å²) < 4.78 is 0. The molecule has 1 saturated carbocycles. The van der Waals surface area contributed by atoms with Gasteiger partial charge in [-0.2, -0.15) is 0 Å². The van der Waals surface area contributed by atoms with Crippen LogP contribution < -0.4 is 10.2 Å². The third kappa shape index (κ3) is 20.9. The number of carbonyl (C=O) groups is 1. The number of nitrogens with one attached hydrogen (secondary N) is 1. The SMILES string of the molecule is C=C(C)CCCC.C=Cc1ccc(CCCN(CCC)c2ccccc2C)c(C)c1.CC(=O)C1CCCCC1.CCCCNC. The molecule has 0 saturated heterocycles. The quantitative estimate of drug-likeness (QED) is 0.159. The molecule has 1 fully saturated rings. The Balaban J connectivity index is 0.000000716. The molecular weight excluding hydrogens is 548 g/mol. The van der Waals surface area contributed by atoms with Gasteiger partial charge in [0.25, 0.3) is 0 Å². The molecule has 0 unspecified atom stereocenters. The summed E-state index contributed by atoms with van der Waals surface area (Å²) in [6.07, 6.45) is 18.0. The second-order valence-electron chi connectivity index (χ2n) is 12.7. The molecule has 3 nitrogen and oxygen atoms in total. The standard InChI is InChI=1S/C22H29N.C8H14O.C7H14.C5H13N/c1-5-15-23(22-12-8-7-10-18(22)3)16-9-11-21-14-13-20(6-2)17-19(21)4;1-7(9)8-5-3-2-4-6-8;1-4-5-6-7(2)3;1-3-4-5-6-2/h6-8,10,12-14,17H,2,5,9,11,15-16H2,1,3-4H3;8H,2-6H2,1H3;2,4-6H2,1,3H3;6H,3-5H2,1-2H3. The number of aryl methyl sites for hydroxylation is 3. The van der Waals surface area contributed by atoms with E-state index >= 15 is 0 Å². The van der Waals surface area contributed by atoms with E-state index in [0.29, 0.717) is 11.7 Å². The van der Waals surface area contributed by atoms with Gasteiger partial charge < -0.3 is 10.2 Å². The van der Waals surface area contributed by atoms with Gasteiger partial charge in [-0.05, 0) is 121 Å². The van der Waals surface area contributed by atoms with Gasteiger partial charge in [-0.1, -0.05) is 108 Å². The fourth-order valence-electron chi connectivity index (χ4n) is 5.47. The normalized spacial score (nSPS) is 12.4. The minimum Gasteiger partial charge on any atom is -0.371 e. The first-order valence-corrected chi connectivity index (χ1v) is 18.0.